The van der Waals surface area contributed by atoms with Gasteiger partial charge in [0.15, 0.2) is 5.82 Å². The molecule has 25 heavy (non-hydrogen) atoms. The molecule has 3 N–H and O–H groups in total. The molecule has 1 heterocycles. The predicted molar refractivity (Wildman–Crippen MR) is 97.2 cm³/mol. The lowest BCUT2D eigenvalue weighted by atomic mass is 10.2. The first kappa shape index (κ1) is 18.8. The van der Waals surface area contributed by atoms with Crippen molar-refractivity contribution in [2.24, 2.45) is 0 Å². The zero-order valence-corrected chi connectivity index (χ0v) is 14.8. The molecule has 0 amide bonds. The molecule has 0 aliphatic heterocycles. The number of rotatable bonds is 9. The van der Waals surface area contributed by atoms with E-state index < -0.39 is 0 Å². The smallest absolute Gasteiger partial charge is 0.305 e. The first-order valence-electron chi connectivity index (χ1n) is 8.02. The molecule has 1 aromatic carbocycles. The summed E-state index contributed by atoms with van der Waals surface area (Å²) in [4.78, 5) is 19.1. The Labute approximate surface area is 151 Å². The molecule has 0 saturated heterocycles. The number of nitrogen functional groups attached to an aromatic ring is 1. The number of halogens is 1. The molecule has 0 bridgehead atoms. The van der Waals surface area contributed by atoms with Gasteiger partial charge in [0.1, 0.15) is 5.75 Å². The number of nitrogens with two attached hydrogens (primary N) is 1. The standard InChI is InChI=1S/C17H21ClN4O3/c1-2-24-15(23)5-3-4-10-25-13-8-6-12(7-9-13)21-16-14(19)11-20-17(18)22-16/h6-9,11H,2-5,10,19H2,1H3,(H,20,21,22). The summed E-state index contributed by atoms with van der Waals surface area (Å²) in [6, 6.07) is 7.38. The molecular weight excluding hydrogens is 344 g/mol. The van der Waals surface area contributed by atoms with Crippen LogP contribution in [0.2, 0.25) is 5.28 Å². The molecule has 2 rings (SSSR count). The number of hydrogen-bond acceptors (Lipinski definition) is 7. The Morgan fingerprint density at radius 2 is 2.04 bits per heavy atom. The van der Waals surface area contributed by atoms with Crippen LogP contribution in [-0.4, -0.2) is 29.2 Å². The van der Waals surface area contributed by atoms with Gasteiger partial charge in [-0.1, -0.05) is 0 Å². The predicted octanol–water partition coefficient (Wildman–Crippen LogP) is 3.57. The number of carbonyl (C=O) groups excluding carboxylic acids is 1. The number of anilines is 3. The number of aromatic nitrogens is 2. The Balaban J connectivity index is 1.76. The molecule has 0 fully saturated rings. The van der Waals surface area contributed by atoms with Gasteiger partial charge >= 0.3 is 5.97 Å². The highest BCUT2D eigenvalue weighted by atomic mass is 35.5. The molecule has 2 aromatic rings. The fourth-order valence-corrected chi connectivity index (χ4v) is 2.17. The number of hydrogen-bond donors (Lipinski definition) is 2. The number of benzene rings is 1. The lowest BCUT2D eigenvalue weighted by molar-refractivity contribution is -0.143. The Hall–Kier alpha value is -2.54. The average Bonchev–Trinajstić information content (AvgIpc) is 2.59. The molecule has 0 aliphatic carbocycles. The molecule has 0 saturated carbocycles. The minimum absolute atomic E-state index is 0.125. The van der Waals surface area contributed by atoms with Gasteiger partial charge in [-0.2, -0.15) is 4.98 Å². The summed E-state index contributed by atoms with van der Waals surface area (Å²) >= 11 is 5.76. The number of unbranched alkanes of at least 4 members (excludes halogenated alkanes) is 1. The van der Waals surface area contributed by atoms with Crippen molar-refractivity contribution in [3.8, 4) is 5.75 Å². The van der Waals surface area contributed by atoms with Crippen LogP contribution in [0.25, 0.3) is 0 Å². The van der Waals surface area contributed by atoms with Gasteiger partial charge in [-0.15, -0.1) is 0 Å². The maximum Gasteiger partial charge on any atom is 0.305 e. The second-order valence-electron chi connectivity index (χ2n) is 5.20. The van der Waals surface area contributed by atoms with E-state index in [0.29, 0.717) is 31.1 Å². The van der Waals surface area contributed by atoms with E-state index in [2.05, 4.69) is 15.3 Å². The fraction of sp³-hybridized carbons (Fsp3) is 0.353. The molecule has 0 radical (unpaired) electrons. The van der Waals surface area contributed by atoms with E-state index in [-0.39, 0.29) is 11.3 Å². The van der Waals surface area contributed by atoms with Crippen LogP contribution >= 0.6 is 11.6 Å². The highest BCUT2D eigenvalue weighted by Gasteiger charge is 2.04. The lowest BCUT2D eigenvalue weighted by Crippen LogP contribution is -2.05. The zero-order chi connectivity index (χ0) is 18.1. The van der Waals surface area contributed by atoms with Gasteiger partial charge in [0, 0.05) is 12.1 Å². The third-order valence-electron chi connectivity index (χ3n) is 3.25. The number of ether oxygens (including phenoxy) is 2. The van der Waals surface area contributed by atoms with E-state index in [9.17, 15) is 4.79 Å². The molecule has 0 atom stereocenters. The van der Waals surface area contributed by atoms with Crippen molar-refractivity contribution in [2.75, 3.05) is 24.3 Å². The summed E-state index contributed by atoms with van der Waals surface area (Å²) in [7, 11) is 0. The second-order valence-corrected chi connectivity index (χ2v) is 5.54. The zero-order valence-electron chi connectivity index (χ0n) is 14.0. The molecule has 0 unspecified atom stereocenters. The van der Waals surface area contributed by atoms with Gasteiger partial charge in [-0.05, 0) is 55.6 Å². The average molecular weight is 365 g/mol. The molecule has 0 aliphatic rings. The monoisotopic (exact) mass is 364 g/mol. The number of esters is 1. The summed E-state index contributed by atoms with van der Waals surface area (Å²) < 4.78 is 10.5. The fourth-order valence-electron chi connectivity index (χ4n) is 2.04. The van der Waals surface area contributed by atoms with Crippen LogP contribution < -0.4 is 15.8 Å². The van der Waals surface area contributed by atoms with Crippen LogP contribution in [-0.2, 0) is 9.53 Å². The van der Waals surface area contributed by atoms with Crippen molar-refractivity contribution < 1.29 is 14.3 Å². The van der Waals surface area contributed by atoms with E-state index in [0.717, 1.165) is 24.3 Å². The maximum absolute atomic E-state index is 11.2. The van der Waals surface area contributed by atoms with Gasteiger partial charge in [0.2, 0.25) is 5.28 Å². The normalized spacial score (nSPS) is 10.3. The molecule has 0 spiro atoms. The number of carbonyl (C=O) groups is 1. The highest BCUT2D eigenvalue weighted by molar-refractivity contribution is 6.28. The van der Waals surface area contributed by atoms with Crippen molar-refractivity contribution in [3.63, 3.8) is 0 Å². The minimum Gasteiger partial charge on any atom is -0.494 e. The summed E-state index contributed by atoms with van der Waals surface area (Å²) in [5, 5.41) is 3.20. The minimum atomic E-state index is -0.165. The Morgan fingerprint density at radius 3 is 2.76 bits per heavy atom. The van der Waals surface area contributed by atoms with Crippen molar-refractivity contribution in [3.05, 3.63) is 35.7 Å². The van der Waals surface area contributed by atoms with Crippen LogP contribution in [0.4, 0.5) is 17.2 Å². The summed E-state index contributed by atoms with van der Waals surface area (Å²) in [5.41, 5.74) is 7.01. The van der Waals surface area contributed by atoms with Crippen LogP contribution in [0, 0.1) is 0 Å². The summed E-state index contributed by atoms with van der Waals surface area (Å²) in [6.07, 6.45) is 3.40. The van der Waals surface area contributed by atoms with Crippen LogP contribution in [0.1, 0.15) is 26.2 Å². The number of nitrogens with zero attached hydrogens (tertiary/aromatic N) is 2. The number of nitrogens with one attached hydrogen (secondary N) is 1. The Morgan fingerprint density at radius 1 is 1.28 bits per heavy atom. The van der Waals surface area contributed by atoms with Crippen molar-refractivity contribution in [1.29, 1.82) is 0 Å². The third-order valence-corrected chi connectivity index (χ3v) is 3.44. The van der Waals surface area contributed by atoms with E-state index in [4.69, 9.17) is 26.8 Å². The second kappa shape index (κ2) is 9.68. The topological polar surface area (TPSA) is 99.4 Å². The first-order chi connectivity index (χ1) is 12.1. The van der Waals surface area contributed by atoms with E-state index in [1.165, 1.54) is 6.20 Å². The van der Waals surface area contributed by atoms with Gasteiger partial charge in [0.25, 0.3) is 0 Å². The molecule has 134 valence electrons. The molecular formula is C17H21ClN4O3. The first-order valence-corrected chi connectivity index (χ1v) is 8.40. The quantitative estimate of drug-likeness (QED) is 0.398. The highest BCUT2D eigenvalue weighted by Crippen LogP contribution is 2.23. The van der Waals surface area contributed by atoms with Crippen molar-refractivity contribution >= 4 is 34.8 Å². The van der Waals surface area contributed by atoms with Gasteiger partial charge < -0.3 is 20.5 Å². The van der Waals surface area contributed by atoms with Gasteiger partial charge in [-0.25, -0.2) is 4.98 Å². The van der Waals surface area contributed by atoms with Gasteiger partial charge in [0.05, 0.1) is 25.1 Å². The summed E-state index contributed by atoms with van der Waals surface area (Å²) in [5.74, 6) is 1.03. The summed E-state index contributed by atoms with van der Waals surface area (Å²) in [6.45, 7) is 2.76. The third kappa shape index (κ3) is 6.46. The molecule has 7 nitrogen and oxygen atoms in total. The van der Waals surface area contributed by atoms with Crippen LogP contribution in [0.5, 0.6) is 5.75 Å². The molecule has 8 heteroatoms. The Bertz CT molecular complexity index is 695. The maximum atomic E-state index is 11.2. The largest absolute Gasteiger partial charge is 0.494 e. The van der Waals surface area contributed by atoms with Crippen molar-refractivity contribution in [2.45, 2.75) is 26.2 Å². The van der Waals surface area contributed by atoms with E-state index in [1.54, 1.807) is 6.92 Å². The Kier molecular flexibility index (Phi) is 7.28. The molecule has 1 aromatic heterocycles. The van der Waals surface area contributed by atoms with Crippen molar-refractivity contribution in [1.82, 2.24) is 9.97 Å². The van der Waals surface area contributed by atoms with Crippen LogP contribution in [0.15, 0.2) is 30.5 Å². The van der Waals surface area contributed by atoms with E-state index >= 15 is 0 Å². The van der Waals surface area contributed by atoms with Crippen LogP contribution in [0.3, 0.4) is 0 Å². The van der Waals surface area contributed by atoms with E-state index in [1.807, 2.05) is 24.3 Å². The SMILES string of the molecule is CCOC(=O)CCCCOc1ccc(Nc2nc(Cl)ncc2N)cc1. The lowest BCUT2D eigenvalue weighted by Gasteiger charge is -2.10. The van der Waals surface area contributed by atoms with Gasteiger partial charge in [-0.3, -0.25) is 4.79 Å².